The monoisotopic (exact) mass is 364 g/mol. The predicted octanol–water partition coefficient (Wildman–Crippen LogP) is 1.46. The number of benzene rings is 1. The van der Waals surface area contributed by atoms with Crippen molar-refractivity contribution in [2.75, 3.05) is 18.9 Å². The Kier molecular flexibility index (Phi) is 4.71. The number of nitrogens with zero attached hydrogens (tertiary/aromatic N) is 4. The second-order valence-corrected chi connectivity index (χ2v) is 5.48. The molecule has 1 atom stereocenters. The summed E-state index contributed by atoms with van der Waals surface area (Å²) in [6.07, 6.45) is 1.35. The quantitative estimate of drug-likeness (QED) is 0.621. The molecule has 1 aromatic carbocycles. The van der Waals surface area contributed by atoms with Crippen LogP contribution in [0, 0.1) is 0 Å². The maximum Gasteiger partial charge on any atom is 0.335 e. The highest BCUT2D eigenvalue weighted by atomic mass is 19.3. The van der Waals surface area contributed by atoms with Crippen LogP contribution in [0.5, 0.6) is 0 Å². The van der Waals surface area contributed by atoms with Crippen LogP contribution in [0.3, 0.4) is 0 Å². The summed E-state index contributed by atoms with van der Waals surface area (Å²) in [4.78, 5) is 18.4. The molecule has 136 valence electrons. The fraction of sp³-hybridized carbons (Fsp3) is 0.267. The summed E-state index contributed by atoms with van der Waals surface area (Å²) in [5.41, 5.74) is 6.49. The first-order chi connectivity index (χ1) is 12.4. The molecule has 4 N–H and O–H groups in total. The number of carbonyl (C=O) groups is 1. The Labute approximate surface area is 145 Å². The molecule has 1 aliphatic heterocycles. The van der Waals surface area contributed by atoms with Crippen molar-refractivity contribution in [2.24, 2.45) is 0 Å². The number of hydrogen-bond acceptors (Lipinski definition) is 7. The van der Waals surface area contributed by atoms with E-state index in [1.165, 1.54) is 24.5 Å². The highest BCUT2D eigenvalue weighted by Gasteiger charge is 2.47. The molecule has 0 spiro atoms. The molecule has 2 aromatic heterocycles. The minimum absolute atomic E-state index is 0.0855. The van der Waals surface area contributed by atoms with Gasteiger partial charge in [0, 0.05) is 0 Å². The number of anilines is 1. The summed E-state index contributed by atoms with van der Waals surface area (Å²) in [7, 11) is 0. The van der Waals surface area contributed by atoms with Crippen molar-refractivity contribution < 1.29 is 23.4 Å². The van der Waals surface area contributed by atoms with Gasteiger partial charge in [-0.1, -0.05) is 18.2 Å². The van der Waals surface area contributed by atoms with Gasteiger partial charge in [0.15, 0.2) is 11.3 Å². The maximum absolute atomic E-state index is 13.4. The molecular formula is C15H14F2N6O3. The van der Waals surface area contributed by atoms with Crippen LogP contribution in [-0.4, -0.2) is 55.6 Å². The number of H-pyrrole nitrogens is 1. The Bertz CT molecular complexity index is 932. The fourth-order valence-electron chi connectivity index (χ4n) is 2.54. The minimum atomic E-state index is -2.99. The number of aromatic carboxylic acids is 1. The number of nitrogen functional groups attached to an aromatic ring is 1. The van der Waals surface area contributed by atoms with Crippen molar-refractivity contribution in [3.63, 3.8) is 0 Å². The van der Waals surface area contributed by atoms with E-state index in [1.54, 1.807) is 6.07 Å². The van der Waals surface area contributed by atoms with E-state index >= 15 is 0 Å². The third-order valence-electron chi connectivity index (χ3n) is 3.80. The summed E-state index contributed by atoms with van der Waals surface area (Å²) in [6.45, 7) is -0.789. The lowest BCUT2D eigenvalue weighted by Gasteiger charge is -2.18. The number of nitrogens with two attached hydrogens (primary N) is 1. The highest BCUT2D eigenvalue weighted by Crippen LogP contribution is 2.40. The van der Waals surface area contributed by atoms with Crippen molar-refractivity contribution >= 4 is 23.0 Å². The number of nitrogens with one attached hydrogen (secondary N) is 1. The lowest BCUT2D eigenvalue weighted by atomic mass is 9.91. The van der Waals surface area contributed by atoms with Gasteiger partial charge in [-0.25, -0.2) is 23.5 Å². The largest absolute Gasteiger partial charge is 0.478 e. The number of aromatic amines is 1. The van der Waals surface area contributed by atoms with Crippen molar-refractivity contribution in [1.29, 1.82) is 0 Å². The Morgan fingerprint density at radius 1 is 1.31 bits per heavy atom. The van der Waals surface area contributed by atoms with Crippen molar-refractivity contribution in [3.05, 3.63) is 41.7 Å². The summed E-state index contributed by atoms with van der Waals surface area (Å²) < 4.78 is 31.6. The van der Waals surface area contributed by atoms with Gasteiger partial charge in [-0.15, -0.1) is 5.10 Å². The van der Waals surface area contributed by atoms with Gasteiger partial charge in [0.2, 0.25) is 5.65 Å². The minimum Gasteiger partial charge on any atom is -0.478 e. The molecule has 26 heavy (non-hydrogen) atoms. The molecule has 1 unspecified atom stereocenters. The van der Waals surface area contributed by atoms with E-state index < -0.39 is 24.4 Å². The number of fused-ring (bicyclic) bond motifs is 1. The van der Waals surface area contributed by atoms with E-state index in [2.05, 4.69) is 25.4 Å². The molecule has 4 rings (SSSR count). The molecule has 1 saturated heterocycles. The SMILES string of the molecule is Nc1ncnc2n[nH]nc12.O=C(O)c1ccccc1C1COCC1(F)F. The van der Waals surface area contributed by atoms with Crippen LogP contribution in [-0.2, 0) is 4.74 Å². The first kappa shape index (κ1) is 17.6. The van der Waals surface area contributed by atoms with E-state index in [-0.39, 0.29) is 17.7 Å². The molecule has 0 bridgehead atoms. The lowest BCUT2D eigenvalue weighted by Crippen LogP contribution is -2.26. The number of aromatic nitrogens is 5. The molecule has 0 saturated carbocycles. The number of ether oxygens (including phenoxy) is 1. The van der Waals surface area contributed by atoms with Gasteiger partial charge < -0.3 is 15.6 Å². The zero-order valence-corrected chi connectivity index (χ0v) is 13.3. The molecule has 11 heteroatoms. The first-order valence-electron chi connectivity index (χ1n) is 7.45. The second kappa shape index (κ2) is 6.96. The molecule has 1 fully saturated rings. The van der Waals surface area contributed by atoms with E-state index in [1.807, 2.05) is 0 Å². The van der Waals surface area contributed by atoms with Gasteiger partial charge in [0.1, 0.15) is 12.9 Å². The molecule has 0 amide bonds. The van der Waals surface area contributed by atoms with Crippen LogP contribution >= 0.6 is 0 Å². The summed E-state index contributed by atoms with van der Waals surface area (Å²) in [6, 6.07) is 5.81. The average Bonchev–Trinajstić information content (AvgIpc) is 3.22. The van der Waals surface area contributed by atoms with E-state index in [0.29, 0.717) is 17.0 Å². The van der Waals surface area contributed by atoms with Crippen molar-refractivity contribution in [2.45, 2.75) is 11.8 Å². The van der Waals surface area contributed by atoms with Crippen LogP contribution in [0.25, 0.3) is 11.2 Å². The normalized spacial score (nSPS) is 18.3. The maximum atomic E-state index is 13.4. The lowest BCUT2D eigenvalue weighted by molar-refractivity contribution is -0.0183. The van der Waals surface area contributed by atoms with Gasteiger partial charge in [-0.05, 0) is 11.6 Å². The van der Waals surface area contributed by atoms with Gasteiger partial charge in [0.05, 0.1) is 18.1 Å². The number of rotatable bonds is 2. The molecule has 0 radical (unpaired) electrons. The fourth-order valence-corrected chi connectivity index (χ4v) is 2.54. The van der Waals surface area contributed by atoms with Gasteiger partial charge >= 0.3 is 5.97 Å². The third kappa shape index (κ3) is 3.42. The third-order valence-corrected chi connectivity index (χ3v) is 3.80. The Morgan fingerprint density at radius 2 is 2.08 bits per heavy atom. The Balaban J connectivity index is 0.000000167. The molecule has 3 aromatic rings. The Morgan fingerprint density at radius 3 is 2.73 bits per heavy atom. The smallest absolute Gasteiger partial charge is 0.335 e. The van der Waals surface area contributed by atoms with E-state index in [9.17, 15) is 13.6 Å². The zero-order chi connectivity index (χ0) is 18.7. The summed E-state index contributed by atoms with van der Waals surface area (Å²) in [5.74, 6) is -5.01. The van der Waals surface area contributed by atoms with Crippen LogP contribution in [0.4, 0.5) is 14.6 Å². The van der Waals surface area contributed by atoms with Crippen LogP contribution in [0.1, 0.15) is 21.8 Å². The number of halogens is 2. The standard InChI is InChI=1S/C11H10F2O3.C4H4N6/c12-11(13)6-16-5-9(11)7-3-1-2-4-8(7)10(14)15;5-3-2-4(7-1-6-3)9-10-8-2/h1-4,9H,5-6H2,(H,14,15);1H,(H3,5,6,7,8,9,10). The van der Waals surface area contributed by atoms with Crippen LogP contribution < -0.4 is 5.73 Å². The first-order valence-corrected chi connectivity index (χ1v) is 7.45. The zero-order valence-electron chi connectivity index (χ0n) is 13.3. The number of alkyl halides is 2. The van der Waals surface area contributed by atoms with Crippen LogP contribution in [0.15, 0.2) is 30.6 Å². The van der Waals surface area contributed by atoms with E-state index in [4.69, 9.17) is 15.6 Å². The predicted molar refractivity (Wildman–Crippen MR) is 85.8 cm³/mol. The number of hydrogen-bond donors (Lipinski definition) is 3. The highest BCUT2D eigenvalue weighted by molar-refractivity contribution is 5.89. The number of carboxylic acid groups (broad SMARTS) is 1. The number of carboxylic acids is 1. The molecule has 9 nitrogen and oxygen atoms in total. The Hall–Kier alpha value is -3.21. The van der Waals surface area contributed by atoms with Gasteiger partial charge in [-0.2, -0.15) is 10.3 Å². The van der Waals surface area contributed by atoms with Crippen molar-refractivity contribution in [1.82, 2.24) is 25.4 Å². The second-order valence-electron chi connectivity index (χ2n) is 5.48. The molecule has 0 aliphatic carbocycles. The molecular weight excluding hydrogens is 350 g/mol. The van der Waals surface area contributed by atoms with E-state index in [0.717, 1.165) is 0 Å². The summed E-state index contributed by atoms with van der Waals surface area (Å²) in [5, 5.41) is 18.8. The molecule has 3 heterocycles. The van der Waals surface area contributed by atoms with Gasteiger partial charge in [0.25, 0.3) is 5.92 Å². The summed E-state index contributed by atoms with van der Waals surface area (Å²) >= 11 is 0. The average molecular weight is 364 g/mol. The van der Waals surface area contributed by atoms with Gasteiger partial charge in [-0.3, -0.25) is 0 Å². The molecule has 1 aliphatic rings. The topological polar surface area (TPSA) is 140 Å². The van der Waals surface area contributed by atoms with Crippen molar-refractivity contribution in [3.8, 4) is 0 Å². The van der Waals surface area contributed by atoms with Crippen LogP contribution in [0.2, 0.25) is 0 Å².